The fraction of sp³-hybridized carbons (Fsp3) is 0.957. The van der Waals surface area contributed by atoms with Gasteiger partial charge in [-0.05, 0) is 6.42 Å². The molecule has 7 heteroatoms. The van der Waals surface area contributed by atoms with Crippen LogP contribution in [0.3, 0.4) is 0 Å². The highest BCUT2D eigenvalue weighted by Crippen LogP contribution is 2.20. The van der Waals surface area contributed by atoms with E-state index in [4.69, 9.17) is 4.74 Å². The Labute approximate surface area is 182 Å². The predicted molar refractivity (Wildman–Crippen MR) is 117 cm³/mol. The first kappa shape index (κ1) is 29.3. The number of carbonyl (C=O) groups excluding carboxylic acids is 1. The minimum absolute atomic E-state index is 0.131. The maximum atomic E-state index is 11.9. The Bertz CT molecular complexity index is 400. The largest absolute Gasteiger partial charge is 0.461 e. The lowest BCUT2D eigenvalue weighted by atomic mass is 9.92. The summed E-state index contributed by atoms with van der Waals surface area (Å²) in [6.07, 6.45) is 16.4. The van der Waals surface area contributed by atoms with Gasteiger partial charge in [0.05, 0.1) is 25.2 Å². The van der Waals surface area contributed by atoms with Crippen molar-refractivity contribution in [3.8, 4) is 0 Å². The van der Waals surface area contributed by atoms with Crippen molar-refractivity contribution in [3.05, 3.63) is 0 Å². The summed E-state index contributed by atoms with van der Waals surface area (Å²) in [4.78, 5) is 11.9. The van der Waals surface area contributed by atoms with E-state index < -0.39 is 43.6 Å². The lowest BCUT2D eigenvalue weighted by Gasteiger charge is -2.28. The van der Waals surface area contributed by atoms with Crippen molar-refractivity contribution in [2.24, 2.45) is 5.41 Å². The molecule has 0 bridgehead atoms. The monoisotopic (exact) mass is 434 g/mol. The van der Waals surface area contributed by atoms with Crippen LogP contribution in [0.2, 0.25) is 0 Å². The SMILES string of the molecule is CCCCCCCCCCCCCCCCC(O)(O)C(=O)OCC(CO)(CO)CO. The van der Waals surface area contributed by atoms with Crippen molar-refractivity contribution in [3.63, 3.8) is 0 Å². The van der Waals surface area contributed by atoms with Crippen LogP contribution in [0.1, 0.15) is 103 Å². The van der Waals surface area contributed by atoms with E-state index in [0.717, 1.165) is 19.3 Å². The summed E-state index contributed by atoms with van der Waals surface area (Å²) in [5.41, 5.74) is -1.39. The Morgan fingerprint density at radius 1 is 0.667 bits per heavy atom. The van der Waals surface area contributed by atoms with Crippen LogP contribution in [0, 0.1) is 5.41 Å². The van der Waals surface area contributed by atoms with Gasteiger partial charge in [-0.2, -0.15) is 0 Å². The van der Waals surface area contributed by atoms with Gasteiger partial charge in [-0.1, -0.05) is 90.4 Å². The Morgan fingerprint density at radius 2 is 1.03 bits per heavy atom. The number of aliphatic hydroxyl groups excluding tert-OH is 3. The molecule has 0 aromatic heterocycles. The highest BCUT2D eigenvalue weighted by molar-refractivity contribution is 5.77. The van der Waals surface area contributed by atoms with Crippen molar-refractivity contribution in [1.82, 2.24) is 0 Å². The van der Waals surface area contributed by atoms with Crippen LogP contribution in [-0.4, -0.2) is 63.7 Å². The average molecular weight is 435 g/mol. The Hall–Kier alpha value is -0.730. The second-order valence-electron chi connectivity index (χ2n) is 8.71. The van der Waals surface area contributed by atoms with Crippen molar-refractivity contribution < 1.29 is 35.1 Å². The quantitative estimate of drug-likeness (QED) is 0.107. The molecule has 0 heterocycles. The van der Waals surface area contributed by atoms with Crippen LogP contribution in [0.4, 0.5) is 0 Å². The first-order chi connectivity index (χ1) is 14.4. The fourth-order valence-electron chi connectivity index (χ4n) is 3.29. The molecule has 0 aliphatic rings. The summed E-state index contributed by atoms with van der Waals surface area (Å²) in [7, 11) is 0. The summed E-state index contributed by atoms with van der Waals surface area (Å²) in [5, 5.41) is 47.4. The zero-order valence-electron chi connectivity index (χ0n) is 19.0. The first-order valence-corrected chi connectivity index (χ1v) is 11.8. The zero-order valence-corrected chi connectivity index (χ0v) is 19.0. The number of ether oxygens (including phenoxy) is 1. The predicted octanol–water partition coefficient (Wildman–Crippen LogP) is 3.05. The number of hydrogen-bond acceptors (Lipinski definition) is 7. The van der Waals surface area contributed by atoms with E-state index in [-0.39, 0.29) is 6.42 Å². The first-order valence-electron chi connectivity index (χ1n) is 11.8. The topological polar surface area (TPSA) is 127 Å². The standard InChI is InChI=1S/C23H46O7/c1-2-3-4-5-6-7-8-9-10-11-12-13-14-15-16-23(28,29)21(27)30-20-22(17-24,18-25)19-26/h24-26,28-29H,2-20H2,1H3. The zero-order chi connectivity index (χ0) is 22.7. The van der Waals surface area contributed by atoms with Gasteiger partial charge in [-0.15, -0.1) is 0 Å². The minimum Gasteiger partial charge on any atom is -0.461 e. The molecule has 0 saturated carbocycles. The smallest absolute Gasteiger partial charge is 0.366 e. The van der Waals surface area contributed by atoms with Crippen LogP contribution in [0.25, 0.3) is 0 Å². The second kappa shape index (κ2) is 17.9. The van der Waals surface area contributed by atoms with E-state index in [2.05, 4.69) is 6.92 Å². The molecule has 0 aliphatic carbocycles. The van der Waals surface area contributed by atoms with Crippen LogP contribution in [-0.2, 0) is 9.53 Å². The van der Waals surface area contributed by atoms with Crippen molar-refractivity contribution >= 4 is 5.97 Å². The van der Waals surface area contributed by atoms with Gasteiger partial charge in [0.2, 0.25) is 0 Å². The highest BCUT2D eigenvalue weighted by atomic mass is 16.6. The minimum atomic E-state index is -2.59. The molecule has 0 aromatic carbocycles. The molecule has 0 aromatic rings. The van der Waals surface area contributed by atoms with Gasteiger partial charge in [0, 0.05) is 6.42 Å². The van der Waals surface area contributed by atoms with Crippen molar-refractivity contribution in [2.75, 3.05) is 26.4 Å². The lowest BCUT2D eigenvalue weighted by Crippen LogP contribution is -2.45. The van der Waals surface area contributed by atoms with E-state index in [9.17, 15) is 30.3 Å². The maximum Gasteiger partial charge on any atom is 0.366 e. The summed E-state index contributed by atoms with van der Waals surface area (Å²) >= 11 is 0. The van der Waals surface area contributed by atoms with Crippen molar-refractivity contribution in [2.45, 2.75) is 109 Å². The molecule has 0 saturated heterocycles. The third kappa shape index (κ3) is 13.5. The van der Waals surface area contributed by atoms with Gasteiger partial charge in [0.25, 0.3) is 5.79 Å². The number of hydrogen-bond donors (Lipinski definition) is 5. The van der Waals surface area contributed by atoms with E-state index >= 15 is 0 Å². The van der Waals surface area contributed by atoms with Crippen LogP contribution < -0.4 is 0 Å². The molecular weight excluding hydrogens is 388 g/mol. The molecule has 0 atom stereocenters. The van der Waals surface area contributed by atoms with E-state index in [1.807, 2.05) is 0 Å². The number of carbonyl (C=O) groups is 1. The van der Waals surface area contributed by atoms with E-state index in [0.29, 0.717) is 6.42 Å². The fourth-order valence-corrected chi connectivity index (χ4v) is 3.29. The number of rotatable bonds is 21. The Kier molecular flexibility index (Phi) is 17.5. The van der Waals surface area contributed by atoms with Crippen LogP contribution in [0.5, 0.6) is 0 Å². The Morgan fingerprint density at radius 3 is 1.40 bits per heavy atom. The molecule has 0 radical (unpaired) electrons. The third-order valence-corrected chi connectivity index (χ3v) is 5.72. The number of aliphatic hydroxyl groups is 5. The molecule has 0 fully saturated rings. The number of esters is 1. The van der Waals surface area contributed by atoms with Gasteiger partial charge in [0.1, 0.15) is 6.61 Å². The molecule has 5 N–H and O–H groups in total. The van der Waals surface area contributed by atoms with E-state index in [1.54, 1.807) is 0 Å². The summed E-state index contributed by atoms with van der Waals surface area (Å²) in [5.74, 6) is -3.82. The summed E-state index contributed by atoms with van der Waals surface area (Å²) in [6, 6.07) is 0. The molecule has 0 spiro atoms. The molecule has 0 unspecified atom stereocenters. The van der Waals surface area contributed by atoms with Crippen LogP contribution in [0.15, 0.2) is 0 Å². The van der Waals surface area contributed by atoms with Gasteiger partial charge in [-0.3, -0.25) is 0 Å². The van der Waals surface area contributed by atoms with Gasteiger partial charge in [-0.25, -0.2) is 4.79 Å². The molecular formula is C23H46O7. The number of unbranched alkanes of at least 4 members (excludes halogenated alkanes) is 13. The Balaban J connectivity index is 3.71. The third-order valence-electron chi connectivity index (χ3n) is 5.72. The summed E-state index contributed by atoms with van der Waals surface area (Å²) in [6.45, 7) is -0.0143. The highest BCUT2D eigenvalue weighted by Gasteiger charge is 2.37. The summed E-state index contributed by atoms with van der Waals surface area (Å²) < 4.78 is 4.80. The second-order valence-corrected chi connectivity index (χ2v) is 8.71. The van der Waals surface area contributed by atoms with Crippen LogP contribution >= 0.6 is 0 Å². The van der Waals surface area contributed by atoms with E-state index in [1.165, 1.54) is 64.2 Å². The molecule has 30 heavy (non-hydrogen) atoms. The normalized spacial score (nSPS) is 12.3. The van der Waals surface area contributed by atoms with Gasteiger partial charge >= 0.3 is 5.97 Å². The molecule has 7 nitrogen and oxygen atoms in total. The van der Waals surface area contributed by atoms with Gasteiger partial charge in [0.15, 0.2) is 0 Å². The molecule has 0 rings (SSSR count). The molecule has 0 aliphatic heterocycles. The maximum absolute atomic E-state index is 11.9. The van der Waals surface area contributed by atoms with Crippen molar-refractivity contribution in [1.29, 1.82) is 0 Å². The molecule has 180 valence electrons. The van der Waals surface area contributed by atoms with Gasteiger partial charge < -0.3 is 30.3 Å². The molecule has 0 amide bonds. The lowest BCUT2D eigenvalue weighted by molar-refractivity contribution is -0.216. The average Bonchev–Trinajstić information content (AvgIpc) is 2.75.